The van der Waals surface area contributed by atoms with Crippen LogP contribution in [-0.4, -0.2) is 18.7 Å². The highest BCUT2D eigenvalue weighted by Gasteiger charge is 2.14. The first-order chi connectivity index (χ1) is 13.0. The van der Waals surface area contributed by atoms with Crippen molar-refractivity contribution < 1.29 is 0 Å². The van der Waals surface area contributed by atoms with E-state index in [4.69, 9.17) is 23.2 Å². The maximum atomic E-state index is 12.9. The zero-order valence-corrected chi connectivity index (χ0v) is 15.8. The third-order valence-corrected chi connectivity index (χ3v) is 5.05. The van der Waals surface area contributed by atoms with Crippen LogP contribution in [0, 0.1) is 6.92 Å². The predicted octanol–water partition coefficient (Wildman–Crippen LogP) is 3.31. The molecule has 0 unspecified atom stereocenters. The van der Waals surface area contributed by atoms with E-state index in [9.17, 15) is 9.59 Å². The first-order valence-corrected chi connectivity index (χ1v) is 8.92. The lowest BCUT2D eigenvalue weighted by molar-refractivity contribution is 0.658. The lowest BCUT2D eigenvalue weighted by Crippen LogP contribution is -2.24. The topological polar surface area (TPSA) is 61.3 Å². The standard InChI is InChI=1S/C19H14Cl2N4O2/c1-12-15(21)3-2-4-16(12)23-9-10-24-17(18(23)26)22-25(19(24)27)11-13-5-7-14(20)8-6-13/h2-10H,11H2,1H3. The van der Waals surface area contributed by atoms with E-state index in [-0.39, 0.29) is 17.9 Å². The van der Waals surface area contributed by atoms with Gasteiger partial charge in [-0.1, -0.05) is 41.4 Å². The maximum absolute atomic E-state index is 12.9. The Morgan fingerprint density at radius 1 is 1.00 bits per heavy atom. The van der Waals surface area contributed by atoms with E-state index in [1.54, 1.807) is 36.5 Å². The summed E-state index contributed by atoms with van der Waals surface area (Å²) < 4.78 is 3.94. The van der Waals surface area contributed by atoms with Gasteiger partial charge in [0.05, 0.1) is 12.2 Å². The quantitative estimate of drug-likeness (QED) is 0.529. The molecule has 0 aliphatic heterocycles. The second kappa shape index (κ2) is 6.72. The van der Waals surface area contributed by atoms with Crippen molar-refractivity contribution >= 4 is 28.8 Å². The molecule has 0 N–H and O–H groups in total. The van der Waals surface area contributed by atoms with E-state index in [2.05, 4.69) is 5.10 Å². The molecule has 0 atom stereocenters. The molecule has 0 fully saturated rings. The molecule has 0 aliphatic rings. The average molecular weight is 401 g/mol. The van der Waals surface area contributed by atoms with E-state index >= 15 is 0 Å². The molecule has 8 heteroatoms. The normalized spacial score (nSPS) is 11.2. The number of hydrogen-bond acceptors (Lipinski definition) is 3. The molecule has 0 bridgehead atoms. The van der Waals surface area contributed by atoms with Gasteiger partial charge < -0.3 is 0 Å². The Hall–Kier alpha value is -2.83. The van der Waals surface area contributed by atoms with Gasteiger partial charge in [-0.3, -0.25) is 9.36 Å². The molecule has 2 aromatic carbocycles. The Kier molecular flexibility index (Phi) is 4.37. The molecule has 0 spiro atoms. The van der Waals surface area contributed by atoms with Crippen LogP contribution in [0.1, 0.15) is 11.1 Å². The third-order valence-electron chi connectivity index (χ3n) is 4.39. The van der Waals surface area contributed by atoms with Crippen LogP contribution in [0.4, 0.5) is 0 Å². The summed E-state index contributed by atoms with van der Waals surface area (Å²) in [5.74, 6) is 0. The molecule has 2 heterocycles. The summed E-state index contributed by atoms with van der Waals surface area (Å²) >= 11 is 12.1. The number of aromatic nitrogens is 4. The molecule has 0 amide bonds. The van der Waals surface area contributed by atoms with Crippen molar-refractivity contribution in [2.24, 2.45) is 0 Å². The van der Waals surface area contributed by atoms with E-state index in [1.807, 2.05) is 19.1 Å². The van der Waals surface area contributed by atoms with E-state index in [0.717, 1.165) is 11.1 Å². The second-order valence-corrected chi connectivity index (χ2v) is 6.96. The summed E-state index contributed by atoms with van der Waals surface area (Å²) in [6.07, 6.45) is 3.08. The average Bonchev–Trinajstić information content (AvgIpc) is 2.97. The highest BCUT2D eigenvalue weighted by molar-refractivity contribution is 6.31. The Balaban J connectivity index is 1.84. The van der Waals surface area contributed by atoms with Gasteiger partial charge in [0.15, 0.2) is 0 Å². The summed E-state index contributed by atoms with van der Waals surface area (Å²) in [5.41, 5.74) is 1.55. The lowest BCUT2D eigenvalue weighted by Gasteiger charge is -2.09. The first-order valence-electron chi connectivity index (χ1n) is 8.16. The smallest absolute Gasteiger partial charge is 0.279 e. The molecular weight excluding hydrogens is 387 g/mol. The summed E-state index contributed by atoms with van der Waals surface area (Å²) in [6, 6.07) is 12.4. The summed E-state index contributed by atoms with van der Waals surface area (Å²) in [7, 11) is 0. The van der Waals surface area contributed by atoms with Gasteiger partial charge in [0.25, 0.3) is 0 Å². The molecule has 4 rings (SSSR count). The van der Waals surface area contributed by atoms with Crippen molar-refractivity contribution in [2.45, 2.75) is 13.5 Å². The molecule has 0 aliphatic carbocycles. The second-order valence-electron chi connectivity index (χ2n) is 6.12. The van der Waals surface area contributed by atoms with Gasteiger partial charge in [-0.15, -0.1) is 5.10 Å². The Morgan fingerprint density at radius 3 is 2.48 bits per heavy atom. The molecule has 27 heavy (non-hydrogen) atoms. The minimum Gasteiger partial charge on any atom is -0.279 e. The zero-order valence-electron chi connectivity index (χ0n) is 14.3. The van der Waals surface area contributed by atoms with Crippen LogP contribution in [0.5, 0.6) is 0 Å². The van der Waals surface area contributed by atoms with Gasteiger partial charge >= 0.3 is 11.2 Å². The summed E-state index contributed by atoms with van der Waals surface area (Å²) in [4.78, 5) is 25.5. The number of fused-ring (bicyclic) bond motifs is 1. The van der Waals surface area contributed by atoms with Crippen LogP contribution < -0.4 is 11.2 Å². The van der Waals surface area contributed by atoms with Gasteiger partial charge in [-0.2, -0.15) is 0 Å². The summed E-state index contributed by atoms with van der Waals surface area (Å²) in [5, 5.41) is 5.41. The lowest BCUT2D eigenvalue weighted by atomic mass is 10.2. The fourth-order valence-electron chi connectivity index (χ4n) is 2.92. The molecule has 0 saturated heterocycles. The van der Waals surface area contributed by atoms with Crippen LogP contribution in [0.25, 0.3) is 11.3 Å². The Labute approximate surface area is 163 Å². The van der Waals surface area contributed by atoms with Crippen LogP contribution in [0.2, 0.25) is 10.0 Å². The van der Waals surface area contributed by atoms with Crippen molar-refractivity contribution in [1.29, 1.82) is 0 Å². The van der Waals surface area contributed by atoms with Crippen molar-refractivity contribution in [3.8, 4) is 5.69 Å². The molecule has 2 aromatic heterocycles. The number of rotatable bonds is 3. The van der Waals surface area contributed by atoms with Gasteiger partial charge in [0.2, 0.25) is 5.65 Å². The largest absolute Gasteiger partial charge is 0.350 e. The fraction of sp³-hybridized carbons (Fsp3) is 0.105. The molecule has 136 valence electrons. The minimum atomic E-state index is -0.394. The monoisotopic (exact) mass is 400 g/mol. The van der Waals surface area contributed by atoms with Crippen LogP contribution in [0.15, 0.2) is 64.4 Å². The summed E-state index contributed by atoms with van der Waals surface area (Å²) in [6.45, 7) is 2.08. The van der Waals surface area contributed by atoms with Gasteiger partial charge in [0, 0.05) is 22.4 Å². The number of halogens is 2. The van der Waals surface area contributed by atoms with Gasteiger partial charge in [-0.25, -0.2) is 13.9 Å². The van der Waals surface area contributed by atoms with Crippen molar-refractivity contribution in [2.75, 3.05) is 0 Å². The molecule has 4 aromatic rings. The van der Waals surface area contributed by atoms with Gasteiger partial charge in [0.1, 0.15) is 0 Å². The Bertz CT molecular complexity index is 1270. The third kappa shape index (κ3) is 3.07. The SMILES string of the molecule is Cc1c(Cl)cccc1-n1ccn2c(=O)n(Cc3ccc(Cl)cc3)nc2c1=O. The fourth-order valence-corrected chi connectivity index (χ4v) is 3.22. The molecule has 0 saturated carbocycles. The van der Waals surface area contributed by atoms with Crippen molar-refractivity contribution in [1.82, 2.24) is 18.7 Å². The zero-order chi connectivity index (χ0) is 19.1. The number of hydrogen-bond donors (Lipinski definition) is 0. The van der Waals surface area contributed by atoms with E-state index < -0.39 is 5.56 Å². The van der Waals surface area contributed by atoms with E-state index in [0.29, 0.717) is 15.7 Å². The highest BCUT2D eigenvalue weighted by atomic mass is 35.5. The van der Waals surface area contributed by atoms with Crippen LogP contribution >= 0.6 is 23.2 Å². The molecule has 6 nitrogen and oxygen atoms in total. The van der Waals surface area contributed by atoms with Crippen molar-refractivity contribution in [3.05, 3.63) is 96.9 Å². The van der Waals surface area contributed by atoms with Gasteiger partial charge in [-0.05, 0) is 42.3 Å². The minimum absolute atomic E-state index is 0.0517. The van der Waals surface area contributed by atoms with E-state index in [1.165, 1.54) is 19.8 Å². The van der Waals surface area contributed by atoms with Crippen LogP contribution in [-0.2, 0) is 6.54 Å². The predicted molar refractivity (Wildman–Crippen MR) is 105 cm³/mol. The highest BCUT2D eigenvalue weighted by Crippen LogP contribution is 2.21. The van der Waals surface area contributed by atoms with Crippen LogP contribution in [0.3, 0.4) is 0 Å². The number of benzene rings is 2. The first kappa shape index (κ1) is 17.6. The maximum Gasteiger partial charge on any atom is 0.350 e. The molecule has 0 radical (unpaired) electrons. The Morgan fingerprint density at radius 2 is 1.74 bits per heavy atom. The van der Waals surface area contributed by atoms with Crippen molar-refractivity contribution in [3.63, 3.8) is 0 Å². The molecular formula is C19H14Cl2N4O2. The number of nitrogens with zero attached hydrogens (tertiary/aromatic N) is 4.